The highest BCUT2D eigenvalue weighted by Gasteiger charge is 2.42. The standard InChI is InChI=1S/C20H13F3N4O4/c21-20(22,23)15-16(12-4-2-1-3-5-12)26-30-17(15)19-24-18(27-31-19)13-8-6-11(7-9-13)10-14(28)25-29/h1-9,29H,10H2,(H,25,28). The normalized spacial score (nSPS) is 11.5. The van der Waals surface area contributed by atoms with Crippen molar-refractivity contribution in [3.8, 4) is 34.3 Å². The number of rotatable bonds is 5. The Hall–Kier alpha value is -3.99. The van der Waals surface area contributed by atoms with E-state index in [1.807, 2.05) is 0 Å². The molecule has 0 saturated carbocycles. The second-order valence-electron chi connectivity index (χ2n) is 6.43. The third-order valence-corrected chi connectivity index (χ3v) is 4.34. The van der Waals surface area contributed by atoms with Crippen LogP contribution in [0.1, 0.15) is 11.1 Å². The average Bonchev–Trinajstić information content (AvgIpc) is 3.42. The number of aromatic nitrogens is 3. The van der Waals surface area contributed by atoms with E-state index in [-0.39, 0.29) is 23.5 Å². The van der Waals surface area contributed by atoms with Crippen molar-refractivity contribution < 1.29 is 32.2 Å². The molecule has 8 nitrogen and oxygen atoms in total. The number of alkyl halides is 3. The third kappa shape index (κ3) is 4.16. The van der Waals surface area contributed by atoms with Gasteiger partial charge in [0.25, 0.3) is 5.89 Å². The number of nitrogens with zero attached hydrogens (tertiary/aromatic N) is 3. The summed E-state index contributed by atoms with van der Waals surface area (Å²) in [7, 11) is 0. The molecule has 0 atom stereocenters. The molecular formula is C20H13F3N4O4. The lowest BCUT2D eigenvalue weighted by atomic mass is 10.1. The van der Waals surface area contributed by atoms with Gasteiger partial charge in [-0.15, -0.1) is 0 Å². The Morgan fingerprint density at radius 1 is 0.968 bits per heavy atom. The van der Waals surface area contributed by atoms with E-state index in [1.54, 1.807) is 42.5 Å². The first-order chi connectivity index (χ1) is 14.9. The predicted molar refractivity (Wildman–Crippen MR) is 99.3 cm³/mol. The Labute approximate surface area is 172 Å². The van der Waals surface area contributed by atoms with E-state index in [2.05, 4.69) is 15.3 Å². The van der Waals surface area contributed by atoms with Crippen molar-refractivity contribution in [2.45, 2.75) is 12.6 Å². The van der Waals surface area contributed by atoms with Crippen LogP contribution in [0.5, 0.6) is 0 Å². The third-order valence-electron chi connectivity index (χ3n) is 4.34. The average molecular weight is 430 g/mol. The van der Waals surface area contributed by atoms with Gasteiger partial charge in [0.05, 0.1) is 6.42 Å². The molecule has 0 fully saturated rings. The monoisotopic (exact) mass is 430 g/mol. The largest absolute Gasteiger partial charge is 0.422 e. The molecule has 158 valence electrons. The van der Waals surface area contributed by atoms with Crippen molar-refractivity contribution in [3.05, 3.63) is 65.7 Å². The van der Waals surface area contributed by atoms with Gasteiger partial charge in [0.1, 0.15) is 11.3 Å². The van der Waals surface area contributed by atoms with Crippen LogP contribution in [0.2, 0.25) is 0 Å². The van der Waals surface area contributed by atoms with Crippen LogP contribution >= 0.6 is 0 Å². The van der Waals surface area contributed by atoms with Crippen LogP contribution in [0.15, 0.2) is 63.6 Å². The number of hydrogen-bond donors (Lipinski definition) is 2. The van der Waals surface area contributed by atoms with E-state index in [1.165, 1.54) is 17.6 Å². The fraction of sp³-hybridized carbons (Fsp3) is 0.100. The molecule has 2 aromatic carbocycles. The zero-order chi connectivity index (χ0) is 22.0. The van der Waals surface area contributed by atoms with Gasteiger partial charge in [0.15, 0.2) is 0 Å². The molecule has 0 spiro atoms. The number of benzene rings is 2. The number of hydroxylamine groups is 1. The number of nitrogens with one attached hydrogen (secondary N) is 1. The van der Waals surface area contributed by atoms with Gasteiger partial charge in [-0.3, -0.25) is 10.0 Å². The smallest absolute Gasteiger partial charge is 0.350 e. The summed E-state index contributed by atoms with van der Waals surface area (Å²) < 4.78 is 51.3. The second-order valence-corrected chi connectivity index (χ2v) is 6.43. The lowest BCUT2D eigenvalue weighted by Gasteiger charge is -2.06. The van der Waals surface area contributed by atoms with Crippen molar-refractivity contribution in [2.24, 2.45) is 0 Å². The fourth-order valence-corrected chi connectivity index (χ4v) is 2.92. The van der Waals surface area contributed by atoms with E-state index in [0.29, 0.717) is 11.1 Å². The highest BCUT2D eigenvalue weighted by atomic mass is 19.4. The first kappa shape index (κ1) is 20.3. The summed E-state index contributed by atoms with van der Waals surface area (Å²) in [6.07, 6.45) is -4.83. The van der Waals surface area contributed by atoms with Crippen molar-refractivity contribution in [1.29, 1.82) is 0 Å². The second kappa shape index (κ2) is 8.03. The molecule has 0 aliphatic heterocycles. The van der Waals surface area contributed by atoms with E-state index in [0.717, 1.165) is 0 Å². The molecular weight excluding hydrogens is 417 g/mol. The van der Waals surface area contributed by atoms with E-state index < -0.39 is 29.3 Å². The number of amides is 1. The summed E-state index contributed by atoms with van der Waals surface area (Å²) in [4.78, 5) is 15.2. The maximum absolute atomic E-state index is 13.8. The summed E-state index contributed by atoms with van der Waals surface area (Å²) in [5.41, 5.74) is 1.30. The molecule has 4 aromatic rings. The minimum atomic E-state index is -4.77. The van der Waals surface area contributed by atoms with Gasteiger partial charge in [0.2, 0.25) is 17.5 Å². The summed E-state index contributed by atoms with van der Waals surface area (Å²) in [6.45, 7) is 0. The van der Waals surface area contributed by atoms with Crippen molar-refractivity contribution >= 4 is 5.91 Å². The Morgan fingerprint density at radius 3 is 2.32 bits per heavy atom. The van der Waals surface area contributed by atoms with E-state index >= 15 is 0 Å². The van der Waals surface area contributed by atoms with Crippen molar-refractivity contribution in [2.75, 3.05) is 0 Å². The number of carbonyl (C=O) groups is 1. The number of halogens is 3. The molecule has 0 aliphatic carbocycles. The van der Waals surface area contributed by atoms with E-state index in [4.69, 9.17) is 14.3 Å². The minimum absolute atomic E-state index is 0.0268. The van der Waals surface area contributed by atoms with Gasteiger partial charge >= 0.3 is 6.18 Å². The maximum Gasteiger partial charge on any atom is 0.422 e. The molecule has 11 heteroatoms. The van der Waals surface area contributed by atoms with Gasteiger partial charge < -0.3 is 9.05 Å². The first-order valence-electron chi connectivity index (χ1n) is 8.85. The van der Waals surface area contributed by atoms with Gasteiger partial charge in [-0.1, -0.05) is 64.9 Å². The predicted octanol–water partition coefficient (Wildman–Crippen LogP) is 4.13. The molecule has 31 heavy (non-hydrogen) atoms. The lowest BCUT2D eigenvalue weighted by molar-refractivity contribution is -0.137. The molecule has 0 bridgehead atoms. The Bertz CT molecular complexity index is 1200. The number of carbonyl (C=O) groups excluding carboxylic acids is 1. The Balaban J connectivity index is 1.68. The van der Waals surface area contributed by atoms with E-state index in [9.17, 15) is 18.0 Å². The Kier molecular flexibility index (Phi) is 5.26. The molecule has 0 radical (unpaired) electrons. The van der Waals surface area contributed by atoms with Gasteiger partial charge in [-0.25, -0.2) is 5.48 Å². The van der Waals surface area contributed by atoms with Crippen LogP contribution in [-0.2, 0) is 17.4 Å². The first-order valence-corrected chi connectivity index (χ1v) is 8.85. The summed E-state index contributed by atoms with van der Waals surface area (Å²) in [5, 5.41) is 15.9. The minimum Gasteiger partial charge on any atom is -0.350 e. The topological polar surface area (TPSA) is 114 Å². The maximum atomic E-state index is 13.8. The number of hydrogen-bond acceptors (Lipinski definition) is 7. The summed E-state index contributed by atoms with van der Waals surface area (Å²) >= 11 is 0. The van der Waals surface area contributed by atoms with Crippen LogP contribution in [0.3, 0.4) is 0 Å². The quantitative estimate of drug-likeness (QED) is 0.361. The highest BCUT2D eigenvalue weighted by molar-refractivity contribution is 5.77. The van der Waals surface area contributed by atoms with Gasteiger partial charge in [0, 0.05) is 11.1 Å². The lowest BCUT2D eigenvalue weighted by Crippen LogP contribution is -2.20. The van der Waals surface area contributed by atoms with Crippen LogP contribution in [0, 0.1) is 0 Å². The van der Waals surface area contributed by atoms with Gasteiger partial charge in [-0.05, 0) is 5.56 Å². The molecule has 0 saturated heterocycles. The van der Waals surface area contributed by atoms with Crippen LogP contribution in [0.4, 0.5) is 13.2 Å². The summed E-state index contributed by atoms with van der Waals surface area (Å²) in [5.74, 6) is -1.71. The van der Waals surface area contributed by atoms with Crippen LogP contribution < -0.4 is 5.48 Å². The molecule has 2 aromatic heterocycles. The molecule has 4 rings (SSSR count). The van der Waals surface area contributed by atoms with Crippen LogP contribution in [-0.4, -0.2) is 26.4 Å². The molecule has 2 heterocycles. The van der Waals surface area contributed by atoms with Gasteiger partial charge in [-0.2, -0.15) is 18.2 Å². The summed E-state index contributed by atoms with van der Waals surface area (Å²) in [6, 6.07) is 14.1. The van der Waals surface area contributed by atoms with Crippen molar-refractivity contribution in [1.82, 2.24) is 20.8 Å². The molecule has 0 aliphatic rings. The Morgan fingerprint density at radius 2 is 1.68 bits per heavy atom. The fourth-order valence-electron chi connectivity index (χ4n) is 2.92. The molecule has 1 amide bonds. The zero-order valence-electron chi connectivity index (χ0n) is 15.6. The molecule has 2 N–H and O–H groups in total. The molecule has 0 unspecified atom stereocenters. The zero-order valence-corrected chi connectivity index (χ0v) is 15.6. The SMILES string of the molecule is O=C(Cc1ccc(-c2noc(-c3onc(-c4ccccc4)c3C(F)(F)F)n2)cc1)NO. The highest BCUT2D eigenvalue weighted by Crippen LogP contribution is 2.43. The van der Waals surface area contributed by atoms with Crippen molar-refractivity contribution in [3.63, 3.8) is 0 Å². The van der Waals surface area contributed by atoms with Crippen LogP contribution in [0.25, 0.3) is 34.3 Å².